The third-order valence-corrected chi connectivity index (χ3v) is 7.18. The van der Waals surface area contributed by atoms with E-state index in [1.165, 1.54) is 25.7 Å². The van der Waals surface area contributed by atoms with Gasteiger partial charge in [-0.1, -0.05) is 37.8 Å². The van der Waals surface area contributed by atoms with E-state index in [1.54, 1.807) is 0 Å². The molecule has 1 fully saturated rings. The number of carbonyl (C=O) groups excluding carboxylic acids is 1. The molecule has 2 heterocycles. The quantitative estimate of drug-likeness (QED) is 0.503. The number of halogens is 1. The van der Waals surface area contributed by atoms with Crippen LogP contribution in [0.25, 0.3) is 0 Å². The molecule has 1 saturated carbocycles. The second-order valence-electron chi connectivity index (χ2n) is 9.34. The minimum Gasteiger partial charge on any atom is -0.338 e. The smallest absolute Gasteiger partial charge is 0.230 e. The summed E-state index contributed by atoms with van der Waals surface area (Å²) in [6.45, 7) is 4.98. The summed E-state index contributed by atoms with van der Waals surface area (Å²) in [6.07, 6.45) is 11.2. The summed E-state index contributed by atoms with van der Waals surface area (Å²) in [6, 6.07) is 5.71. The van der Waals surface area contributed by atoms with Gasteiger partial charge in [0.1, 0.15) is 5.82 Å². The van der Waals surface area contributed by atoms with Crippen LogP contribution in [-0.2, 0) is 18.4 Å². The highest BCUT2D eigenvalue weighted by Gasteiger charge is 2.33. The summed E-state index contributed by atoms with van der Waals surface area (Å²) < 4.78 is 1.81. The van der Waals surface area contributed by atoms with E-state index in [1.807, 2.05) is 41.0 Å². The molecule has 1 amide bonds. The Morgan fingerprint density at radius 3 is 2.81 bits per heavy atom. The molecule has 0 bridgehead atoms. The van der Waals surface area contributed by atoms with Crippen LogP contribution >= 0.6 is 11.6 Å². The number of carbonyl (C=O) groups is 1. The normalized spacial score (nSPS) is 20.3. The number of unbranched alkanes of at least 4 members (excludes halogenated alkanes) is 3. The van der Waals surface area contributed by atoms with Gasteiger partial charge >= 0.3 is 0 Å². The van der Waals surface area contributed by atoms with Gasteiger partial charge in [-0.3, -0.25) is 9.48 Å². The van der Waals surface area contributed by atoms with Crippen molar-refractivity contribution >= 4 is 34.7 Å². The van der Waals surface area contributed by atoms with E-state index in [2.05, 4.69) is 22.7 Å². The minimum atomic E-state index is 0.0811. The predicted octanol–water partition coefficient (Wildman–Crippen LogP) is 5.64. The lowest BCUT2D eigenvalue weighted by atomic mass is 9.81. The SMILES string of the molecule is CCCCCCNCC1CCC(C(=O)N2Cc3cnn(C)c3Nc3cc(Cl)ccc32)CC1. The van der Waals surface area contributed by atoms with Crippen LogP contribution in [0.2, 0.25) is 5.02 Å². The van der Waals surface area contributed by atoms with E-state index in [9.17, 15) is 4.79 Å². The van der Waals surface area contributed by atoms with Crippen molar-refractivity contribution < 1.29 is 4.79 Å². The Bertz CT molecular complexity index is 919. The molecule has 2 aromatic rings. The molecule has 1 aromatic heterocycles. The number of aryl methyl sites for hydroxylation is 1. The van der Waals surface area contributed by atoms with Crippen molar-refractivity contribution in [2.24, 2.45) is 18.9 Å². The Balaban J connectivity index is 1.38. The summed E-state index contributed by atoms with van der Waals surface area (Å²) >= 11 is 6.27. The van der Waals surface area contributed by atoms with Crippen LogP contribution in [0.1, 0.15) is 63.9 Å². The first-order valence-electron chi connectivity index (χ1n) is 12.2. The van der Waals surface area contributed by atoms with Crippen molar-refractivity contribution in [1.29, 1.82) is 0 Å². The molecule has 0 atom stereocenters. The van der Waals surface area contributed by atoms with Gasteiger partial charge in [0.25, 0.3) is 0 Å². The van der Waals surface area contributed by atoms with Gasteiger partial charge in [-0.25, -0.2) is 0 Å². The van der Waals surface area contributed by atoms with Gasteiger partial charge in [0.15, 0.2) is 0 Å². The zero-order valence-corrected chi connectivity index (χ0v) is 20.1. The third kappa shape index (κ3) is 5.29. The van der Waals surface area contributed by atoms with Crippen molar-refractivity contribution in [2.45, 2.75) is 64.8 Å². The fourth-order valence-corrected chi connectivity index (χ4v) is 5.17. The molecule has 0 saturated heterocycles. The van der Waals surface area contributed by atoms with E-state index in [0.717, 1.165) is 61.5 Å². The number of benzene rings is 1. The van der Waals surface area contributed by atoms with E-state index in [4.69, 9.17) is 11.6 Å². The van der Waals surface area contributed by atoms with Crippen molar-refractivity contribution in [2.75, 3.05) is 23.3 Å². The topological polar surface area (TPSA) is 62.2 Å². The van der Waals surface area contributed by atoms with Crippen LogP contribution in [0, 0.1) is 11.8 Å². The first kappa shape index (κ1) is 23.1. The number of nitrogens with zero attached hydrogens (tertiary/aromatic N) is 3. The van der Waals surface area contributed by atoms with Crippen molar-refractivity contribution in [3.8, 4) is 0 Å². The van der Waals surface area contributed by atoms with Gasteiger partial charge in [-0.2, -0.15) is 5.10 Å². The van der Waals surface area contributed by atoms with Gasteiger partial charge in [0.2, 0.25) is 5.91 Å². The zero-order valence-electron chi connectivity index (χ0n) is 19.4. The average molecular weight is 458 g/mol. The molecule has 174 valence electrons. The first-order chi connectivity index (χ1) is 15.6. The Morgan fingerprint density at radius 1 is 1.22 bits per heavy atom. The molecule has 7 heteroatoms. The Hall–Kier alpha value is -2.05. The van der Waals surface area contributed by atoms with E-state index >= 15 is 0 Å². The van der Waals surface area contributed by atoms with Gasteiger partial charge in [-0.15, -0.1) is 0 Å². The van der Waals surface area contributed by atoms with Crippen molar-refractivity contribution in [1.82, 2.24) is 15.1 Å². The van der Waals surface area contributed by atoms with Crippen molar-refractivity contribution in [3.63, 3.8) is 0 Å². The number of hydrogen-bond donors (Lipinski definition) is 2. The van der Waals surface area contributed by atoms with Gasteiger partial charge in [-0.05, 0) is 69.3 Å². The summed E-state index contributed by atoms with van der Waals surface area (Å²) in [4.78, 5) is 15.6. The number of rotatable bonds is 8. The molecule has 1 aromatic carbocycles. The molecule has 0 radical (unpaired) electrons. The van der Waals surface area contributed by atoms with E-state index < -0.39 is 0 Å². The molecule has 6 nitrogen and oxygen atoms in total. The second-order valence-corrected chi connectivity index (χ2v) is 9.77. The number of nitrogens with one attached hydrogen (secondary N) is 2. The summed E-state index contributed by atoms with van der Waals surface area (Å²) in [7, 11) is 1.91. The van der Waals surface area contributed by atoms with Crippen LogP contribution in [0.4, 0.5) is 17.2 Å². The molecule has 0 spiro atoms. The first-order valence-corrected chi connectivity index (χ1v) is 12.5. The number of aromatic nitrogens is 2. The fraction of sp³-hybridized carbons (Fsp3) is 0.600. The summed E-state index contributed by atoms with van der Waals surface area (Å²) in [5, 5.41) is 12.1. The molecular formula is C25H36ClN5O. The Labute approximate surface area is 196 Å². The molecule has 0 unspecified atom stereocenters. The maximum atomic E-state index is 13.7. The molecule has 1 aliphatic heterocycles. The summed E-state index contributed by atoms with van der Waals surface area (Å²) in [5.74, 6) is 1.90. The highest BCUT2D eigenvalue weighted by Crippen LogP contribution is 2.39. The molecule has 4 rings (SSSR count). The molecule has 1 aliphatic carbocycles. The molecule has 2 aliphatic rings. The van der Waals surface area contributed by atoms with Crippen LogP contribution in [0.3, 0.4) is 0 Å². The monoisotopic (exact) mass is 457 g/mol. The molecule has 32 heavy (non-hydrogen) atoms. The average Bonchev–Trinajstić information content (AvgIpc) is 3.05. The summed E-state index contributed by atoms with van der Waals surface area (Å²) in [5.41, 5.74) is 2.77. The third-order valence-electron chi connectivity index (χ3n) is 6.95. The number of fused-ring (bicyclic) bond motifs is 2. The zero-order chi connectivity index (χ0) is 22.5. The van der Waals surface area contributed by atoms with Crippen LogP contribution < -0.4 is 15.5 Å². The Morgan fingerprint density at radius 2 is 2.03 bits per heavy atom. The number of hydrogen-bond acceptors (Lipinski definition) is 4. The second kappa shape index (κ2) is 10.7. The fourth-order valence-electron chi connectivity index (χ4n) is 5.00. The number of amides is 1. The van der Waals surface area contributed by atoms with Crippen LogP contribution in [0.5, 0.6) is 0 Å². The van der Waals surface area contributed by atoms with Crippen molar-refractivity contribution in [3.05, 3.63) is 35.0 Å². The maximum absolute atomic E-state index is 13.7. The Kier molecular flexibility index (Phi) is 7.74. The van der Waals surface area contributed by atoms with Gasteiger partial charge in [0.05, 0.1) is 24.1 Å². The maximum Gasteiger partial charge on any atom is 0.230 e. The van der Waals surface area contributed by atoms with E-state index in [0.29, 0.717) is 17.5 Å². The minimum absolute atomic E-state index is 0.0811. The predicted molar refractivity (Wildman–Crippen MR) is 132 cm³/mol. The lowest BCUT2D eigenvalue weighted by molar-refractivity contribution is -0.123. The standard InChI is InChI=1S/C25H36ClN5O/c1-3-4-5-6-13-27-15-18-7-9-19(10-8-18)25(32)31-17-20-16-28-30(2)24(20)29-22-14-21(26)11-12-23(22)31/h11-12,14,16,18-19,27,29H,3-10,13,15,17H2,1-2H3. The van der Waals surface area contributed by atoms with Crippen LogP contribution in [-0.4, -0.2) is 28.8 Å². The van der Waals surface area contributed by atoms with Gasteiger partial charge < -0.3 is 15.5 Å². The van der Waals surface area contributed by atoms with E-state index in [-0.39, 0.29) is 11.8 Å². The lowest BCUT2D eigenvalue weighted by Crippen LogP contribution is -2.38. The number of anilines is 3. The largest absolute Gasteiger partial charge is 0.338 e. The highest BCUT2D eigenvalue weighted by molar-refractivity contribution is 6.31. The highest BCUT2D eigenvalue weighted by atomic mass is 35.5. The van der Waals surface area contributed by atoms with Crippen LogP contribution in [0.15, 0.2) is 24.4 Å². The molecular weight excluding hydrogens is 422 g/mol. The molecule has 2 N–H and O–H groups in total. The lowest BCUT2D eigenvalue weighted by Gasteiger charge is -2.32. The van der Waals surface area contributed by atoms with Gasteiger partial charge in [0, 0.05) is 23.6 Å².